The Kier molecular flexibility index (Phi) is 7.35. The minimum absolute atomic E-state index is 0.146. The predicted molar refractivity (Wildman–Crippen MR) is 128 cm³/mol. The van der Waals surface area contributed by atoms with Gasteiger partial charge in [-0.2, -0.15) is 0 Å². The zero-order chi connectivity index (χ0) is 21.7. The molecule has 170 valence electrons. The van der Waals surface area contributed by atoms with Crippen molar-refractivity contribution in [3.8, 4) is 0 Å². The largest absolute Gasteiger partial charge is 0.369 e. The molecule has 0 unspecified atom stereocenters. The van der Waals surface area contributed by atoms with Gasteiger partial charge in [-0.1, -0.05) is 81.7 Å². The number of amides is 1. The summed E-state index contributed by atoms with van der Waals surface area (Å²) in [5.74, 6) is 2.70. The Hall–Kier alpha value is -1.84. The third kappa shape index (κ3) is 5.51. The molecule has 2 saturated carbocycles. The highest BCUT2D eigenvalue weighted by Crippen LogP contribution is 2.42. The number of carbonyl (C=O) groups excluding carboxylic acids is 1. The maximum Gasteiger partial charge on any atom is 0.257 e. The van der Waals surface area contributed by atoms with E-state index in [0.717, 1.165) is 37.5 Å². The molecule has 2 fully saturated rings. The molecule has 4 nitrogen and oxygen atoms in total. The first kappa shape index (κ1) is 22.4. The number of hydrogen-bond acceptors (Lipinski definition) is 3. The van der Waals surface area contributed by atoms with Gasteiger partial charge in [0, 0.05) is 7.05 Å². The summed E-state index contributed by atoms with van der Waals surface area (Å²) in [6.45, 7) is 0. The molecule has 0 spiro atoms. The Balaban J connectivity index is 1.38. The first-order valence-electron chi connectivity index (χ1n) is 12.7. The second-order valence-corrected chi connectivity index (χ2v) is 10.5. The van der Waals surface area contributed by atoms with Crippen molar-refractivity contribution < 1.29 is 4.79 Å². The first-order chi connectivity index (χ1) is 15.1. The number of likely N-dealkylation sites (N-methyl/N-ethyl adjacent to an activating group) is 1. The molecule has 3 atom stereocenters. The minimum atomic E-state index is -0.595. The molecule has 0 radical (unpaired) electrons. The lowest BCUT2D eigenvalue weighted by molar-refractivity contribution is -0.131. The Labute approximate surface area is 188 Å². The SMILES string of the molecule is CN1C(=O)[C@@](CCC2CCCCC2)(C[C@H]2CCC[C@@H](CCc3ccccc3)C2)N=C1N. The normalized spacial score (nSPS) is 29.9. The molecule has 4 heteroatoms. The molecule has 3 aliphatic rings. The zero-order valence-corrected chi connectivity index (χ0v) is 19.4. The maximum absolute atomic E-state index is 13.3. The van der Waals surface area contributed by atoms with Crippen LogP contribution in [-0.4, -0.2) is 29.4 Å². The van der Waals surface area contributed by atoms with E-state index in [1.54, 1.807) is 11.9 Å². The topological polar surface area (TPSA) is 58.7 Å². The Morgan fingerprint density at radius 1 is 0.968 bits per heavy atom. The van der Waals surface area contributed by atoms with Gasteiger partial charge in [0.05, 0.1) is 0 Å². The van der Waals surface area contributed by atoms with E-state index in [1.165, 1.54) is 69.8 Å². The van der Waals surface area contributed by atoms with Crippen molar-refractivity contribution in [2.24, 2.45) is 28.5 Å². The average molecular weight is 424 g/mol. The second kappa shape index (κ2) is 10.2. The Morgan fingerprint density at radius 3 is 2.39 bits per heavy atom. The third-order valence-electron chi connectivity index (χ3n) is 8.27. The second-order valence-electron chi connectivity index (χ2n) is 10.5. The van der Waals surface area contributed by atoms with Gasteiger partial charge in [-0.05, 0) is 61.8 Å². The van der Waals surface area contributed by atoms with E-state index in [9.17, 15) is 4.79 Å². The maximum atomic E-state index is 13.3. The molecule has 4 rings (SSSR count). The molecular weight excluding hydrogens is 382 g/mol. The van der Waals surface area contributed by atoms with Crippen molar-refractivity contribution in [2.75, 3.05) is 7.05 Å². The van der Waals surface area contributed by atoms with Crippen LogP contribution in [-0.2, 0) is 11.2 Å². The fraction of sp³-hybridized carbons (Fsp3) is 0.704. The van der Waals surface area contributed by atoms with E-state index in [2.05, 4.69) is 30.3 Å². The molecule has 2 N–H and O–H groups in total. The van der Waals surface area contributed by atoms with Gasteiger partial charge in [0.1, 0.15) is 5.54 Å². The summed E-state index contributed by atoms with van der Waals surface area (Å²) in [7, 11) is 1.80. The van der Waals surface area contributed by atoms with Crippen LogP contribution in [0.2, 0.25) is 0 Å². The van der Waals surface area contributed by atoms with Crippen molar-refractivity contribution in [2.45, 2.75) is 95.4 Å². The quantitative estimate of drug-likeness (QED) is 0.583. The smallest absolute Gasteiger partial charge is 0.257 e. The fourth-order valence-corrected chi connectivity index (χ4v) is 6.42. The van der Waals surface area contributed by atoms with Crippen molar-refractivity contribution in [3.63, 3.8) is 0 Å². The molecule has 1 amide bonds. The fourth-order valence-electron chi connectivity index (χ4n) is 6.42. The third-order valence-corrected chi connectivity index (χ3v) is 8.27. The van der Waals surface area contributed by atoms with E-state index >= 15 is 0 Å². The van der Waals surface area contributed by atoms with Gasteiger partial charge in [0.25, 0.3) is 5.91 Å². The molecule has 1 heterocycles. The summed E-state index contributed by atoms with van der Waals surface area (Å²) in [6, 6.07) is 10.9. The summed E-state index contributed by atoms with van der Waals surface area (Å²) in [5, 5.41) is 0. The number of nitrogens with two attached hydrogens (primary N) is 1. The highest BCUT2D eigenvalue weighted by atomic mass is 16.2. The predicted octanol–water partition coefficient (Wildman–Crippen LogP) is 5.70. The molecule has 0 aromatic heterocycles. The number of rotatable bonds is 8. The Bertz CT molecular complexity index is 755. The van der Waals surface area contributed by atoms with Gasteiger partial charge < -0.3 is 5.73 Å². The van der Waals surface area contributed by atoms with E-state index < -0.39 is 5.54 Å². The number of aliphatic imine (C=N–C) groups is 1. The van der Waals surface area contributed by atoms with Gasteiger partial charge >= 0.3 is 0 Å². The lowest BCUT2D eigenvalue weighted by atomic mass is 9.72. The number of aryl methyl sites for hydroxylation is 1. The summed E-state index contributed by atoms with van der Waals surface area (Å²) in [6.07, 6.45) is 17.1. The molecule has 2 aliphatic carbocycles. The summed E-state index contributed by atoms with van der Waals surface area (Å²) in [5.41, 5.74) is 7.00. The lowest BCUT2D eigenvalue weighted by Gasteiger charge is -2.35. The molecular formula is C27H41N3O. The average Bonchev–Trinajstić information content (AvgIpc) is 3.01. The number of guanidine groups is 1. The highest BCUT2D eigenvalue weighted by Gasteiger charge is 2.47. The van der Waals surface area contributed by atoms with E-state index in [-0.39, 0.29) is 5.91 Å². The van der Waals surface area contributed by atoms with Crippen LogP contribution in [0.5, 0.6) is 0 Å². The van der Waals surface area contributed by atoms with Crippen LogP contribution in [0.15, 0.2) is 35.3 Å². The van der Waals surface area contributed by atoms with Crippen LogP contribution >= 0.6 is 0 Å². The summed E-state index contributed by atoms with van der Waals surface area (Å²) in [4.78, 5) is 19.8. The highest BCUT2D eigenvalue weighted by molar-refractivity contribution is 6.06. The summed E-state index contributed by atoms with van der Waals surface area (Å²) < 4.78 is 0. The molecule has 1 aromatic carbocycles. The monoisotopic (exact) mass is 423 g/mol. The van der Waals surface area contributed by atoms with E-state index in [0.29, 0.717) is 11.9 Å². The summed E-state index contributed by atoms with van der Waals surface area (Å²) >= 11 is 0. The number of carbonyl (C=O) groups is 1. The molecule has 0 bridgehead atoms. The van der Waals surface area contributed by atoms with Gasteiger partial charge in [-0.25, -0.2) is 4.99 Å². The van der Waals surface area contributed by atoms with Crippen LogP contribution in [0.1, 0.15) is 89.0 Å². The first-order valence-corrected chi connectivity index (χ1v) is 12.7. The molecule has 1 aliphatic heterocycles. The van der Waals surface area contributed by atoms with Crippen molar-refractivity contribution in [3.05, 3.63) is 35.9 Å². The Morgan fingerprint density at radius 2 is 1.68 bits per heavy atom. The molecule has 1 aromatic rings. The van der Waals surface area contributed by atoms with Crippen molar-refractivity contribution in [1.82, 2.24) is 4.90 Å². The van der Waals surface area contributed by atoms with Crippen LogP contribution < -0.4 is 5.73 Å². The van der Waals surface area contributed by atoms with Crippen LogP contribution in [0.25, 0.3) is 0 Å². The van der Waals surface area contributed by atoms with E-state index in [1.807, 2.05) is 0 Å². The lowest BCUT2D eigenvalue weighted by Crippen LogP contribution is -2.44. The van der Waals surface area contributed by atoms with Crippen LogP contribution in [0.4, 0.5) is 0 Å². The van der Waals surface area contributed by atoms with E-state index in [4.69, 9.17) is 10.7 Å². The molecule has 31 heavy (non-hydrogen) atoms. The number of nitrogens with zero attached hydrogens (tertiary/aromatic N) is 2. The molecule has 0 saturated heterocycles. The number of benzene rings is 1. The van der Waals surface area contributed by atoms with Crippen molar-refractivity contribution in [1.29, 1.82) is 0 Å². The zero-order valence-electron chi connectivity index (χ0n) is 19.4. The van der Waals surface area contributed by atoms with Gasteiger partial charge in [0.15, 0.2) is 5.96 Å². The standard InChI is InChI=1S/C27H41N3O/c1-30-25(31)27(29-26(30)28,18-17-22-11-6-3-7-12-22)20-24-14-8-13-23(19-24)16-15-21-9-4-2-5-10-21/h2,4-5,9-10,22-24H,3,6-8,11-20H2,1H3,(H2,28,29)/t23-,24-,27+/m0/s1. The van der Waals surface area contributed by atoms with Gasteiger partial charge in [-0.3, -0.25) is 9.69 Å². The van der Waals surface area contributed by atoms with Crippen LogP contribution in [0.3, 0.4) is 0 Å². The van der Waals surface area contributed by atoms with Crippen LogP contribution in [0, 0.1) is 17.8 Å². The van der Waals surface area contributed by atoms with Gasteiger partial charge in [0.2, 0.25) is 0 Å². The van der Waals surface area contributed by atoms with Gasteiger partial charge in [-0.15, -0.1) is 0 Å². The minimum Gasteiger partial charge on any atom is -0.369 e. The van der Waals surface area contributed by atoms with Crippen molar-refractivity contribution >= 4 is 11.9 Å². The number of hydrogen-bond donors (Lipinski definition) is 1.